The van der Waals surface area contributed by atoms with E-state index in [1.807, 2.05) is 0 Å². The zero-order valence-corrected chi connectivity index (χ0v) is 54.2. The van der Waals surface area contributed by atoms with Crippen LogP contribution in [0.1, 0.15) is 348 Å². The van der Waals surface area contributed by atoms with Gasteiger partial charge in [-0.1, -0.05) is 330 Å². The van der Waals surface area contributed by atoms with E-state index in [0.29, 0.717) is 19.3 Å². The molecular weight excluding hydrogens is 1010 g/mol. The first-order valence-corrected chi connectivity index (χ1v) is 35.2. The standard InChI is InChI=1S/C76H132O6/c1-4-7-10-13-16-19-22-25-27-29-31-33-34-35-36-37-38-39-40-41-42-43-45-46-48-51-54-57-60-63-66-69-75(78)81-72-73(71-80-74(77)68-65-62-59-56-53-50-24-21-18-15-12-9-6-3)82-76(79)70-67-64-61-58-55-52-49-47-44-32-30-28-26-23-20-17-14-11-8-5-2/h7,10,12,15-16,19,21,24-25,27,31,33,35-36,38-39,73H,4-6,8-9,11,13-14,17-18,20,22-23,26,28-30,32,34,37,40-72H2,1-3H3/b10-7-,15-12-,19-16-,24-21-,27-25-,33-31-,36-35-,39-38-. The Kier molecular flexibility index (Phi) is 66.7. The van der Waals surface area contributed by atoms with Gasteiger partial charge in [-0.15, -0.1) is 0 Å². The molecule has 0 aromatic heterocycles. The number of unbranched alkanes of at least 4 members (excludes halogenated alkanes) is 37. The van der Waals surface area contributed by atoms with Crippen molar-refractivity contribution in [2.75, 3.05) is 13.2 Å². The van der Waals surface area contributed by atoms with Crippen LogP contribution in [-0.2, 0) is 28.6 Å². The van der Waals surface area contributed by atoms with E-state index in [9.17, 15) is 14.4 Å². The van der Waals surface area contributed by atoms with Crippen molar-refractivity contribution >= 4 is 17.9 Å². The van der Waals surface area contributed by atoms with Crippen LogP contribution in [0.3, 0.4) is 0 Å². The Balaban J connectivity index is 4.24. The molecule has 6 nitrogen and oxygen atoms in total. The number of esters is 3. The van der Waals surface area contributed by atoms with Gasteiger partial charge in [-0.25, -0.2) is 0 Å². The average molecular weight is 1140 g/mol. The van der Waals surface area contributed by atoms with Crippen molar-refractivity contribution in [3.8, 4) is 0 Å². The summed E-state index contributed by atoms with van der Waals surface area (Å²) in [7, 11) is 0. The number of ether oxygens (including phenoxy) is 3. The smallest absolute Gasteiger partial charge is 0.306 e. The number of hydrogen-bond acceptors (Lipinski definition) is 6. The molecule has 1 atom stereocenters. The van der Waals surface area contributed by atoms with Crippen LogP contribution < -0.4 is 0 Å². The maximum Gasteiger partial charge on any atom is 0.306 e. The molecule has 0 spiro atoms. The Morgan fingerprint density at radius 1 is 0.256 bits per heavy atom. The van der Waals surface area contributed by atoms with Gasteiger partial charge in [0.15, 0.2) is 6.10 Å². The first-order valence-electron chi connectivity index (χ1n) is 35.2. The molecule has 0 heterocycles. The molecule has 0 aliphatic heterocycles. The van der Waals surface area contributed by atoms with Crippen LogP contribution in [0.2, 0.25) is 0 Å². The molecule has 0 rings (SSSR count). The van der Waals surface area contributed by atoms with Gasteiger partial charge in [0.1, 0.15) is 13.2 Å². The molecule has 0 saturated heterocycles. The van der Waals surface area contributed by atoms with E-state index in [1.54, 1.807) is 0 Å². The Labute approximate surface area is 508 Å². The summed E-state index contributed by atoms with van der Waals surface area (Å²) in [6.07, 6.45) is 94.3. The maximum atomic E-state index is 12.9. The van der Waals surface area contributed by atoms with E-state index in [2.05, 4.69) is 118 Å². The summed E-state index contributed by atoms with van der Waals surface area (Å²) in [6.45, 7) is 6.50. The fourth-order valence-corrected chi connectivity index (χ4v) is 10.1. The fourth-order valence-electron chi connectivity index (χ4n) is 10.1. The maximum absolute atomic E-state index is 12.9. The topological polar surface area (TPSA) is 78.9 Å². The molecule has 0 N–H and O–H groups in total. The largest absolute Gasteiger partial charge is 0.462 e. The third-order valence-electron chi connectivity index (χ3n) is 15.3. The van der Waals surface area contributed by atoms with Crippen LogP contribution in [0, 0.1) is 0 Å². The highest BCUT2D eigenvalue weighted by Crippen LogP contribution is 2.18. The molecule has 0 aliphatic rings. The second kappa shape index (κ2) is 69.8. The zero-order chi connectivity index (χ0) is 59.2. The van der Waals surface area contributed by atoms with E-state index in [0.717, 1.165) is 122 Å². The molecule has 472 valence electrons. The summed E-state index contributed by atoms with van der Waals surface area (Å²) in [5.41, 5.74) is 0. The van der Waals surface area contributed by atoms with Crippen molar-refractivity contribution in [1.82, 2.24) is 0 Å². The quantitative estimate of drug-likeness (QED) is 0.0261. The van der Waals surface area contributed by atoms with E-state index in [-0.39, 0.29) is 31.1 Å². The van der Waals surface area contributed by atoms with Gasteiger partial charge in [0.05, 0.1) is 0 Å². The second-order valence-corrected chi connectivity index (χ2v) is 23.4. The normalized spacial score (nSPS) is 12.7. The van der Waals surface area contributed by atoms with Gasteiger partial charge < -0.3 is 14.2 Å². The lowest BCUT2D eigenvalue weighted by atomic mass is 10.0. The van der Waals surface area contributed by atoms with Crippen LogP contribution in [0.15, 0.2) is 97.2 Å². The van der Waals surface area contributed by atoms with E-state index >= 15 is 0 Å². The van der Waals surface area contributed by atoms with Crippen molar-refractivity contribution in [2.24, 2.45) is 0 Å². The van der Waals surface area contributed by atoms with Gasteiger partial charge in [0.25, 0.3) is 0 Å². The van der Waals surface area contributed by atoms with Gasteiger partial charge in [0, 0.05) is 19.3 Å². The summed E-state index contributed by atoms with van der Waals surface area (Å²) in [5.74, 6) is -0.878. The molecule has 0 amide bonds. The lowest BCUT2D eigenvalue weighted by Crippen LogP contribution is -2.30. The zero-order valence-electron chi connectivity index (χ0n) is 54.2. The van der Waals surface area contributed by atoms with Crippen LogP contribution in [0.4, 0.5) is 0 Å². The average Bonchev–Trinajstić information content (AvgIpc) is 3.47. The fraction of sp³-hybridized carbons (Fsp3) is 0.750. The molecule has 0 aromatic rings. The number of allylic oxidation sites excluding steroid dienone is 16. The number of carbonyl (C=O) groups is 3. The van der Waals surface area contributed by atoms with Crippen molar-refractivity contribution < 1.29 is 28.6 Å². The SMILES string of the molecule is CC/C=C\C/C=C\C/C=C\C/C=C\C/C=C\C/C=C\CCCCCCCCCCCCCCC(=O)OCC(COC(=O)CCCCCCC/C=C\C/C=C\CCC)OC(=O)CCCCCCCCCCCCCCCCCCCCCC. The van der Waals surface area contributed by atoms with Crippen LogP contribution in [-0.4, -0.2) is 37.2 Å². The summed E-state index contributed by atoms with van der Waals surface area (Å²) < 4.78 is 17.0. The predicted molar refractivity (Wildman–Crippen MR) is 357 cm³/mol. The van der Waals surface area contributed by atoms with Gasteiger partial charge in [-0.2, -0.15) is 0 Å². The highest BCUT2D eigenvalue weighted by atomic mass is 16.6. The number of carbonyl (C=O) groups excluding carboxylic acids is 3. The first-order chi connectivity index (χ1) is 40.5. The summed E-state index contributed by atoms with van der Waals surface area (Å²) in [5, 5.41) is 0. The van der Waals surface area contributed by atoms with Crippen molar-refractivity contribution in [1.29, 1.82) is 0 Å². The van der Waals surface area contributed by atoms with Crippen molar-refractivity contribution in [2.45, 2.75) is 354 Å². The molecule has 1 unspecified atom stereocenters. The Morgan fingerprint density at radius 3 is 0.793 bits per heavy atom. The lowest BCUT2D eigenvalue weighted by molar-refractivity contribution is -0.167. The molecule has 0 aliphatic carbocycles. The lowest BCUT2D eigenvalue weighted by Gasteiger charge is -2.18. The van der Waals surface area contributed by atoms with Crippen LogP contribution >= 0.6 is 0 Å². The second-order valence-electron chi connectivity index (χ2n) is 23.4. The van der Waals surface area contributed by atoms with Gasteiger partial charge in [-0.3, -0.25) is 14.4 Å². The monoisotopic (exact) mass is 1140 g/mol. The molecule has 0 aromatic carbocycles. The Hall–Kier alpha value is -3.67. The summed E-state index contributed by atoms with van der Waals surface area (Å²) >= 11 is 0. The molecule has 6 heteroatoms. The predicted octanol–water partition coefficient (Wildman–Crippen LogP) is 24.4. The molecule has 0 bridgehead atoms. The third-order valence-corrected chi connectivity index (χ3v) is 15.3. The highest BCUT2D eigenvalue weighted by Gasteiger charge is 2.19. The van der Waals surface area contributed by atoms with Crippen molar-refractivity contribution in [3.63, 3.8) is 0 Å². The molecule has 0 saturated carbocycles. The minimum Gasteiger partial charge on any atom is -0.462 e. The molecule has 82 heavy (non-hydrogen) atoms. The van der Waals surface area contributed by atoms with E-state index < -0.39 is 6.10 Å². The first kappa shape index (κ1) is 78.3. The van der Waals surface area contributed by atoms with Crippen molar-refractivity contribution in [3.05, 3.63) is 97.2 Å². The Bertz CT molecular complexity index is 1590. The van der Waals surface area contributed by atoms with Gasteiger partial charge in [-0.05, 0) is 96.3 Å². The van der Waals surface area contributed by atoms with Crippen LogP contribution in [0.5, 0.6) is 0 Å². The molecule has 0 fully saturated rings. The number of rotatable bonds is 64. The summed E-state index contributed by atoms with van der Waals surface area (Å²) in [6, 6.07) is 0. The third kappa shape index (κ3) is 67.1. The Morgan fingerprint density at radius 2 is 0.500 bits per heavy atom. The minimum atomic E-state index is -0.783. The van der Waals surface area contributed by atoms with Gasteiger partial charge in [0.2, 0.25) is 0 Å². The highest BCUT2D eigenvalue weighted by molar-refractivity contribution is 5.71. The molecule has 0 radical (unpaired) electrons. The minimum absolute atomic E-state index is 0.0793. The van der Waals surface area contributed by atoms with E-state index in [1.165, 1.54) is 186 Å². The summed E-state index contributed by atoms with van der Waals surface area (Å²) in [4.78, 5) is 38.4. The van der Waals surface area contributed by atoms with Gasteiger partial charge >= 0.3 is 17.9 Å². The molecular formula is C76H132O6. The van der Waals surface area contributed by atoms with E-state index in [4.69, 9.17) is 14.2 Å². The van der Waals surface area contributed by atoms with Crippen LogP contribution in [0.25, 0.3) is 0 Å². The number of hydrogen-bond donors (Lipinski definition) is 0.